The number of carbonyl (C=O) groups is 1. The summed E-state index contributed by atoms with van der Waals surface area (Å²) >= 11 is 0. The van der Waals surface area contributed by atoms with Crippen molar-refractivity contribution in [2.75, 3.05) is 52.4 Å². The van der Waals surface area contributed by atoms with Crippen LogP contribution < -0.4 is 0 Å². The van der Waals surface area contributed by atoms with Gasteiger partial charge < -0.3 is 14.5 Å². The molecular formula is C23H41N3O2. The van der Waals surface area contributed by atoms with E-state index < -0.39 is 0 Å². The molecule has 3 aliphatic heterocycles. The molecular weight excluding hydrogens is 350 g/mol. The SMILES string of the molecule is CCOC(=O)N1CCC(N2CC[C@]3(CCCN(CC4CCCCC4)C3)C2)CC1. The summed E-state index contributed by atoms with van der Waals surface area (Å²) in [6.45, 7) is 10.7. The maximum atomic E-state index is 12.0. The zero-order chi connectivity index (χ0) is 19.4. The first-order valence-corrected chi connectivity index (χ1v) is 12.1. The van der Waals surface area contributed by atoms with Gasteiger partial charge in [0.25, 0.3) is 0 Å². The van der Waals surface area contributed by atoms with Gasteiger partial charge in [-0.05, 0) is 76.3 Å². The molecule has 0 aromatic carbocycles. The minimum absolute atomic E-state index is 0.121. The molecule has 1 saturated carbocycles. The van der Waals surface area contributed by atoms with Crippen LogP contribution in [0.15, 0.2) is 0 Å². The van der Waals surface area contributed by atoms with Gasteiger partial charge in [-0.1, -0.05) is 19.3 Å². The largest absolute Gasteiger partial charge is 0.450 e. The van der Waals surface area contributed by atoms with Gasteiger partial charge in [-0.15, -0.1) is 0 Å². The third-order valence-electron chi connectivity index (χ3n) is 7.96. The molecule has 5 nitrogen and oxygen atoms in total. The van der Waals surface area contributed by atoms with Crippen LogP contribution in [0, 0.1) is 11.3 Å². The zero-order valence-corrected chi connectivity index (χ0v) is 18.0. The molecule has 1 spiro atoms. The fourth-order valence-corrected chi connectivity index (χ4v) is 6.44. The highest BCUT2D eigenvalue weighted by atomic mass is 16.6. The number of likely N-dealkylation sites (tertiary alicyclic amines) is 3. The van der Waals surface area contributed by atoms with E-state index in [1.54, 1.807) is 0 Å². The van der Waals surface area contributed by atoms with Crippen molar-refractivity contribution in [1.82, 2.24) is 14.7 Å². The number of hydrogen-bond acceptors (Lipinski definition) is 4. The lowest BCUT2D eigenvalue weighted by Gasteiger charge is -2.43. The van der Waals surface area contributed by atoms with Crippen molar-refractivity contribution in [3.63, 3.8) is 0 Å². The average molecular weight is 392 g/mol. The van der Waals surface area contributed by atoms with Crippen LogP contribution in [-0.4, -0.2) is 79.3 Å². The predicted octanol–water partition coefficient (Wildman–Crippen LogP) is 3.98. The van der Waals surface area contributed by atoms with Crippen molar-refractivity contribution in [3.8, 4) is 0 Å². The summed E-state index contributed by atoms with van der Waals surface area (Å²) in [7, 11) is 0. The highest BCUT2D eigenvalue weighted by Gasteiger charge is 2.43. The first kappa shape index (κ1) is 20.5. The van der Waals surface area contributed by atoms with Crippen LogP contribution in [0.5, 0.6) is 0 Å². The third-order valence-corrected chi connectivity index (χ3v) is 7.96. The Morgan fingerprint density at radius 3 is 2.46 bits per heavy atom. The molecule has 4 aliphatic rings. The molecule has 0 bridgehead atoms. The summed E-state index contributed by atoms with van der Waals surface area (Å²) in [5.41, 5.74) is 0.547. The van der Waals surface area contributed by atoms with Crippen molar-refractivity contribution >= 4 is 6.09 Å². The van der Waals surface area contributed by atoms with Gasteiger partial charge in [0.1, 0.15) is 0 Å². The van der Waals surface area contributed by atoms with E-state index in [1.807, 2.05) is 11.8 Å². The first-order chi connectivity index (χ1) is 13.7. The van der Waals surface area contributed by atoms with Crippen molar-refractivity contribution in [3.05, 3.63) is 0 Å². The lowest BCUT2D eigenvalue weighted by Crippen LogP contribution is -2.49. The summed E-state index contributed by atoms with van der Waals surface area (Å²) in [6, 6.07) is 0.666. The Balaban J connectivity index is 1.25. The van der Waals surface area contributed by atoms with Gasteiger partial charge in [0.15, 0.2) is 0 Å². The molecule has 0 radical (unpaired) electrons. The second kappa shape index (κ2) is 9.34. The standard InChI is InChI=1S/C23H41N3O2/c1-2-28-22(27)25-14-9-21(10-15-25)26-16-12-23(19-26)11-6-13-24(18-23)17-20-7-4-3-5-8-20/h20-21H,2-19H2,1H3/t23-/m0/s1. The minimum Gasteiger partial charge on any atom is -0.450 e. The van der Waals surface area contributed by atoms with Crippen molar-refractivity contribution in [2.24, 2.45) is 11.3 Å². The van der Waals surface area contributed by atoms with Gasteiger partial charge in [-0.2, -0.15) is 0 Å². The Hall–Kier alpha value is -0.810. The van der Waals surface area contributed by atoms with E-state index in [0.717, 1.165) is 31.8 Å². The second-order valence-electron chi connectivity index (χ2n) is 9.98. The molecule has 3 heterocycles. The molecule has 0 aromatic rings. The summed E-state index contributed by atoms with van der Waals surface area (Å²) in [5.74, 6) is 0.966. The predicted molar refractivity (Wildman–Crippen MR) is 112 cm³/mol. The van der Waals surface area contributed by atoms with Crippen LogP contribution in [0.1, 0.15) is 71.1 Å². The van der Waals surface area contributed by atoms with E-state index in [2.05, 4.69) is 9.80 Å². The molecule has 28 heavy (non-hydrogen) atoms. The van der Waals surface area contributed by atoms with Crippen molar-refractivity contribution in [1.29, 1.82) is 0 Å². The Morgan fingerprint density at radius 2 is 1.71 bits per heavy atom. The first-order valence-electron chi connectivity index (χ1n) is 12.1. The molecule has 0 N–H and O–H groups in total. The maximum Gasteiger partial charge on any atom is 0.409 e. The Kier molecular flexibility index (Phi) is 6.82. The smallest absolute Gasteiger partial charge is 0.409 e. The third kappa shape index (κ3) is 4.84. The fraction of sp³-hybridized carbons (Fsp3) is 0.957. The van der Waals surface area contributed by atoms with Crippen LogP contribution in [-0.2, 0) is 4.74 Å². The molecule has 5 heteroatoms. The van der Waals surface area contributed by atoms with Crippen molar-refractivity contribution in [2.45, 2.75) is 77.2 Å². The normalized spacial score (nSPS) is 31.5. The number of rotatable bonds is 4. The molecule has 1 atom stereocenters. The number of piperidine rings is 2. The lowest BCUT2D eigenvalue weighted by atomic mass is 9.78. The molecule has 3 saturated heterocycles. The number of nitrogens with zero attached hydrogens (tertiary/aromatic N) is 3. The molecule has 4 rings (SSSR count). The molecule has 1 amide bonds. The number of ether oxygens (including phenoxy) is 1. The quantitative estimate of drug-likeness (QED) is 0.726. The maximum absolute atomic E-state index is 12.0. The number of hydrogen-bond donors (Lipinski definition) is 0. The Bertz CT molecular complexity index is 514. The number of amides is 1. The molecule has 160 valence electrons. The minimum atomic E-state index is -0.121. The number of carbonyl (C=O) groups excluding carboxylic acids is 1. The van der Waals surface area contributed by atoms with Crippen LogP contribution in [0.3, 0.4) is 0 Å². The van der Waals surface area contributed by atoms with E-state index in [9.17, 15) is 4.79 Å². The Morgan fingerprint density at radius 1 is 0.929 bits per heavy atom. The summed E-state index contributed by atoms with van der Waals surface area (Å²) < 4.78 is 5.17. The summed E-state index contributed by atoms with van der Waals surface area (Å²) in [5, 5.41) is 0. The molecule has 1 aliphatic carbocycles. The van der Waals surface area contributed by atoms with Gasteiger partial charge in [0.05, 0.1) is 6.61 Å². The summed E-state index contributed by atoms with van der Waals surface area (Å²) in [6.07, 6.45) is 13.6. The monoisotopic (exact) mass is 391 g/mol. The van der Waals surface area contributed by atoms with E-state index in [4.69, 9.17) is 4.74 Å². The molecule has 4 fully saturated rings. The highest BCUT2D eigenvalue weighted by molar-refractivity contribution is 5.67. The van der Waals surface area contributed by atoms with E-state index >= 15 is 0 Å². The lowest BCUT2D eigenvalue weighted by molar-refractivity contribution is 0.0568. The van der Waals surface area contributed by atoms with Gasteiger partial charge in [-0.3, -0.25) is 4.90 Å². The van der Waals surface area contributed by atoms with Gasteiger partial charge >= 0.3 is 6.09 Å². The Labute approximate surface area is 171 Å². The highest BCUT2D eigenvalue weighted by Crippen LogP contribution is 2.41. The van der Waals surface area contributed by atoms with E-state index in [1.165, 1.54) is 84.1 Å². The second-order valence-corrected chi connectivity index (χ2v) is 9.98. The van der Waals surface area contributed by atoms with Crippen LogP contribution >= 0.6 is 0 Å². The topological polar surface area (TPSA) is 36.0 Å². The molecule has 0 unspecified atom stereocenters. The zero-order valence-electron chi connectivity index (χ0n) is 18.0. The van der Waals surface area contributed by atoms with Crippen LogP contribution in [0.4, 0.5) is 4.79 Å². The van der Waals surface area contributed by atoms with E-state index in [0.29, 0.717) is 18.1 Å². The average Bonchev–Trinajstić information content (AvgIpc) is 3.12. The van der Waals surface area contributed by atoms with Crippen LogP contribution in [0.2, 0.25) is 0 Å². The van der Waals surface area contributed by atoms with Gasteiger partial charge in [0.2, 0.25) is 0 Å². The van der Waals surface area contributed by atoms with Gasteiger partial charge in [-0.25, -0.2) is 4.79 Å². The van der Waals surface area contributed by atoms with Crippen LogP contribution in [0.25, 0.3) is 0 Å². The summed E-state index contributed by atoms with van der Waals surface area (Å²) in [4.78, 5) is 19.4. The molecule has 0 aromatic heterocycles. The van der Waals surface area contributed by atoms with E-state index in [-0.39, 0.29) is 6.09 Å². The van der Waals surface area contributed by atoms with Gasteiger partial charge in [0, 0.05) is 38.8 Å². The van der Waals surface area contributed by atoms with Crippen molar-refractivity contribution < 1.29 is 9.53 Å². The fourth-order valence-electron chi connectivity index (χ4n) is 6.44.